The molecule has 3 N–H and O–H groups in total. The van der Waals surface area contributed by atoms with Crippen LogP contribution >= 0.6 is 0 Å². The highest BCUT2D eigenvalue weighted by Gasteiger charge is 2.12. The largest absolute Gasteiger partial charge is 0.391 e. The van der Waals surface area contributed by atoms with Crippen molar-refractivity contribution in [3.63, 3.8) is 0 Å². The van der Waals surface area contributed by atoms with Gasteiger partial charge in [0.15, 0.2) is 0 Å². The summed E-state index contributed by atoms with van der Waals surface area (Å²) in [6.45, 7) is 2.84. The van der Waals surface area contributed by atoms with Crippen molar-refractivity contribution in [3.05, 3.63) is 35.9 Å². The molecule has 0 fully saturated rings. The van der Waals surface area contributed by atoms with Gasteiger partial charge in [0.1, 0.15) is 0 Å². The Hall–Kier alpha value is -0.900. The van der Waals surface area contributed by atoms with E-state index in [0.717, 1.165) is 5.56 Å². The summed E-state index contributed by atoms with van der Waals surface area (Å²) in [6, 6.07) is 9.62. The van der Waals surface area contributed by atoms with Crippen molar-refractivity contribution < 1.29 is 9.84 Å². The van der Waals surface area contributed by atoms with E-state index in [1.807, 2.05) is 37.3 Å². The Morgan fingerprint density at radius 2 is 2.00 bits per heavy atom. The standard InChI is InChI=1S/C12H19NO2/c1-2-12(14)11(13)9-15-8-10-6-4-3-5-7-10/h3-7,11-12,14H,2,8-9,13H2,1H3. The Morgan fingerprint density at radius 3 is 2.60 bits per heavy atom. The van der Waals surface area contributed by atoms with Crippen molar-refractivity contribution in [3.8, 4) is 0 Å². The highest BCUT2D eigenvalue weighted by Crippen LogP contribution is 2.02. The zero-order valence-electron chi connectivity index (χ0n) is 9.10. The molecule has 1 aromatic carbocycles. The molecule has 84 valence electrons. The summed E-state index contributed by atoms with van der Waals surface area (Å²) in [4.78, 5) is 0. The van der Waals surface area contributed by atoms with Gasteiger partial charge in [0.25, 0.3) is 0 Å². The average Bonchev–Trinajstić information content (AvgIpc) is 2.29. The molecule has 0 saturated heterocycles. The molecule has 0 radical (unpaired) electrons. The van der Waals surface area contributed by atoms with Gasteiger partial charge in [-0.05, 0) is 12.0 Å². The fourth-order valence-electron chi connectivity index (χ4n) is 1.30. The van der Waals surface area contributed by atoms with Crippen LogP contribution in [0, 0.1) is 0 Å². The van der Waals surface area contributed by atoms with Gasteiger partial charge in [0.05, 0.1) is 25.4 Å². The van der Waals surface area contributed by atoms with E-state index in [4.69, 9.17) is 10.5 Å². The first-order chi connectivity index (χ1) is 7.24. The molecule has 0 heterocycles. The van der Waals surface area contributed by atoms with E-state index in [1.54, 1.807) is 0 Å². The second kappa shape index (κ2) is 6.56. The lowest BCUT2D eigenvalue weighted by Crippen LogP contribution is -2.38. The van der Waals surface area contributed by atoms with E-state index >= 15 is 0 Å². The normalized spacial score (nSPS) is 14.9. The smallest absolute Gasteiger partial charge is 0.0717 e. The van der Waals surface area contributed by atoms with Crippen LogP contribution < -0.4 is 5.73 Å². The number of aliphatic hydroxyl groups is 1. The predicted octanol–water partition coefficient (Wildman–Crippen LogP) is 1.30. The first-order valence-electron chi connectivity index (χ1n) is 5.29. The van der Waals surface area contributed by atoms with Gasteiger partial charge in [-0.15, -0.1) is 0 Å². The van der Waals surface area contributed by atoms with Gasteiger partial charge in [-0.2, -0.15) is 0 Å². The Bertz CT molecular complexity index is 264. The van der Waals surface area contributed by atoms with Crippen molar-refractivity contribution >= 4 is 0 Å². The van der Waals surface area contributed by atoms with Crippen LogP contribution in [0.4, 0.5) is 0 Å². The number of aliphatic hydroxyl groups excluding tert-OH is 1. The van der Waals surface area contributed by atoms with Gasteiger partial charge in [-0.1, -0.05) is 37.3 Å². The first-order valence-corrected chi connectivity index (χ1v) is 5.29. The molecule has 1 rings (SSSR count). The summed E-state index contributed by atoms with van der Waals surface area (Å²) in [6.07, 6.45) is 0.191. The molecule has 0 aliphatic rings. The molecule has 0 saturated carbocycles. The molecule has 0 spiro atoms. The highest BCUT2D eigenvalue weighted by molar-refractivity contribution is 5.13. The van der Waals surface area contributed by atoms with Crippen molar-refractivity contribution in [2.24, 2.45) is 5.73 Å². The lowest BCUT2D eigenvalue weighted by Gasteiger charge is -2.17. The maximum Gasteiger partial charge on any atom is 0.0717 e. The fraction of sp³-hybridized carbons (Fsp3) is 0.500. The van der Waals surface area contributed by atoms with Crippen LogP contribution in [0.5, 0.6) is 0 Å². The third-order valence-corrected chi connectivity index (χ3v) is 2.33. The van der Waals surface area contributed by atoms with E-state index in [0.29, 0.717) is 19.6 Å². The van der Waals surface area contributed by atoms with Gasteiger partial charge in [-0.25, -0.2) is 0 Å². The summed E-state index contributed by atoms with van der Waals surface area (Å²) in [5, 5.41) is 9.42. The fourth-order valence-corrected chi connectivity index (χ4v) is 1.30. The van der Waals surface area contributed by atoms with Gasteiger partial charge in [0, 0.05) is 0 Å². The third-order valence-electron chi connectivity index (χ3n) is 2.33. The van der Waals surface area contributed by atoms with Gasteiger partial charge >= 0.3 is 0 Å². The molecule has 0 aromatic heterocycles. The first kappa shape index (κ1) is 12.2. The average molecular weight is 209 g/mol. The number of rotatable bonds is 6. The quantitative estimate of drug-likeness (QED) is 0.742. The molecule has 0 bridgehead atoms. The summed E-state index contributed by atoms with van der Waals surface area (Å²) in [5.74, 6) is 0. The number of hydrogen-bond donors (Lipinski definition) is 2. The molecule has 3 heteroatoms. The molecule has 0 amide bonds. The molecular formula is C12H19NO2. The van der Waals surface area contributed by atoms with Crippen LogP contribution in [-0.4, -0.2) is 23.9 Å². The van der Waals surface area contributed by atoms with Gasteiger partial charge in [-0.3, -0.25) is 0 Å². The zero-order valence-corrected chi connectivity index (χ0v) is 9.10. The molecule has 0 aliphatic carbocycles. The maximum atomic E-state index is 9.42. The highest BCUT2D eigenvalue weighted by atomic mass is 16.5. The van der Waals surface area contributed by atoms with E-state index in [2.05, 4.69) is 0 Å². The van der Waals surface area contributed by atoms with E-state index in [9.17, 15) is 5.11 Å². The summed E-state index contributed by atoms with van der Waals surface area (Å²) < 4.78 is 5.42. The van der Waals surface area contributed by atoms with Crippen LogP contribution in [0.15, 0.2) is 30.3 Å². The van der Waals surface area contributed by atoms with Crippen LogP contribution in [0.25, 0.3) is 0 Å². The number of nitrogens with two attached hydrogens (primary N) is 1. The molecule has 2 unspecified atom stereocenters. The summed E-state index contributed by atoms with van der Waals surface area (Å²) in [7, 11) is 0. The SMILES string of the molecule is CCC(O)C(N)COCc1ccccc1. The van der Waals surface area contributed by atoms with Crippen molar-refractivity contribution in [2.75, 3.05) is 6.61 Å². The van der Waals surface area contributed by atoms with E-state index in [1.165, 1.54) is 0 Å². The predicted molar refractivity (Wildman–Crippen MR) is 60.4 cm³/mol. The minimum Gasteiger partial charge on any atom is -0.391 e. The maximum absolute atomic E-state index is 9.42. The van der Waals surface area contributed by atoms with Crippen LogP contribution in [0.1, 0.15) is 18.9 Å². The van der Waals surface area contributed by atoms with Crippen LogP contribution in [0.3, 0.4) is 0 Å². The van der Waals surface area contributed by atoms with Crippen LogP contribution in [-0.2, 0) is 11.3 Å². The Kier molecular flexibility index (Phi) is 5.32. The number of hydrogen-bond acceptors (Lipinski definition) is 3. The monoisotopic (exact) mass is 209 g/mol. The molecule has 3 nitrogen and oxygen atoms in total. The second-order valence-electron chi connectivity index (χ2n) is 3.64. The minimum absolute atomic E-state index is 0.293. The minimum atomic E-state index is -0.472. The number of benzene rings is 1. The van der Waals surface area contributed by atoms with Crippen molar-refractivity contribution in [1.82, 2.24) is 0 Å². The molecular weight excluding hydrogens is 190 g/mol. The Morgan fingerprint density at radius 1 is 1.33 bits per heavy atom. The van der Waals surface area contributed by atoms with Gasteiger partial charge < -0.3 is 15.6 Å². The topological polar surface area (TPSA) is 55.5 Å². The summed E-state index contributed by atoms with van der Waals surface area (Å²) >= 11 is 0. The zero-order chi connectivity index (χ0) is 11.1. The van der Waals surface area contributed by atoms with Gasteiger partial charge in [0.2, 0.25) is 0 Å². The van der Waals surface area contributed by atoms with Crippen molar-refractivity contribution in [1.29, 1.82) is 0 Å². The molecule has 2 atom stereocenters. The molecule has 1 aromatic rings. The summed E-state index contributed by atoms with van der Waals surface area (Å²) in [5.41, 5.74) is 6.84. The van der Waals surface area contributed by atoms with Crippen molar-refractivity contribution in [2.45, 2.75) is 32.1 Å². The van der Waals surface area contributed by atoms with E-state index in [-0.39, 0.29) is 6.04 Å². The second-order valence-corrected chi connectivity index (χ2v) is 3.64. The lowest BCUT2D eigenvalue weighted by atomic mass is 10.1. The third kappa shape index (κ3) is 4.42. The van der Waals surface area contributed by atoms with E-state index < -0.39 is 6.10 Å². The Balaban J connectivity index is 2.22. The number of ether oxygens (including phenoxy) is 1. The molecule has 0 aliphatic heterocycles. The Labute approximate surface area is 90.9 Å². The lowest BCUT2D eigenvalue weighted by molar-refractivity contribution is 0.0535. The van der Waals surface area contributed by atoms with Crippen LogP contribution in [0.2, 0.25) is 0 Å². The molecule has 15 heavy (non-hydrogen) atoms.